The minimum absolute atomic E-state index is 0.0828. The second-order valence-electron chi connectivity index (χ2n) is 6.22. The van der Waals surface area contributed by atoms with Gasteiger partial charge >= 0.3 is 6.03 Å². The van der Waals surface area contributed by atoms with Crippen molar-refractivity contribution in [2.45, 2.75) is 20.0 Å². The summed E-state index contributed by atoms with van der Waals surface area (Å²) in [7, 11) is -3.55. The number of benzene rings is 2. The van der Waals surface area contributed by atoms with E-state index in [9.17, 15) is 13.2 Å². The van der Waals surface area contributed by atoms with Crippen LogP contribution in [0.15, 0.2) is 54.6 Å². The van der Waals surface area contributed by atoms with Gasteiger partial charge in [-0.3, -0.25) is 4.31 Å². The van der Waals surface area contributed by atoms with Crippen molar-refractivity contribution in [2.75, 3.05) is 29.0 Å². The van der Waals surface area contributed by atoms with Gasteiger partial charge in [0.25, 0.3) is 0 Å². The summed E-state index contributed by atoms with van der Waals surface area (Å²) in [6.45, 7) is 3.97. The van der Waals surface area contributed by atoms with Crippen LogP contribution < -0.4 is 19.7 Å². The van der Waals surface area contributed by atoms with Gasteiger partial charge in [-0.25, -0.2) is 13.2 Å². The molecule has 2 aromatic carbocycles. The maximum Gasteiger partial charge on any atom is 0.319 e. The Morgan fingerprint density at radius 1 is 1.07 bits per heavy atom. The normalized spacial score (nSPS) is 11.1. The molecular weight excluding hydrogens is 366 g/mol. The lowest BCUT2D eigenvalue weighted by Gasteiger charge is -2.25. The van der Waals surface area contributed by atoms with Crippen LogP contribution in [0.4, 0.5) is 16.2 Å². The number of rotatable bonds is 8. The molecule has 0 unspecified atom stereocenters. The summed E-state index contributed by atoms with van der Waals surface area (Å²) >= 11 is 0. The van der Waals surface area contributed by atoms with Crippen LogP contribution in [-0.4, -0.2) is 39.9 Å². The Kier molecular flexibility index (Phi) is 7.06. The van der Waals surface area contributed by atoms with E-state index in [1.165, 1.54) is 4.31 Å². The highest BCUT2D eigenvalue weighted by Gasteiger charge is 2.21. The maximum atomic E-state index is 12.3. The first-order valence-corrected chi connectivity index (χ1v) is 10.5. The number of carbonyl (C=O) groups is 1. The topological polar surface area (TPSA) is 87.7 Å². The lowest BCUT2D eigenvalue weighted by molar-refractivity contribution is 0.243. The van der Waals surface area contributed by atoms with E-state index in [4.69, 9.17) is 4.74 Å². The smallest absolute Gasteiger partial charge is 0.319 e. The van der Waals surface area contributed by atoms with Gasteiger partial charge in [0.2, 0.25) is 10.0 Å². The van der Waals surface area contributed by atoms with E-state index in [-0.39, 0.29) is 19.2 Å². The van der Waals surface area contributed by atoms with E-state index in [1.807, 2.05) is 32.0 Å². The summed E-state index contributed by atoms with van der Waals surface area (Å²) in [6.07, 6.45) is 1.03. The van der Waals surface area contributed by atoms with Crippen molar-refractivity contribution >= 4 is 27.4 Å². The Morgan fingerprint density at radius 2 is 1.70 bits per heavy atom. The van der Waals surface area contributed by atoms with Crippen LogP contribution in [0.1, 0.15) is 13.8 Å². The van der Waals surface area contributed by atoms with Gasteiger partial charge < -0.3 is 15.4 Å². The predicted molar refractivity (Wildman–Crippen MR) is 108 cm³/mol. The molecule has 2 rings (SSSR count). The SMILES string of the molecule is CC(C)Oc1ccccc1N(CCNC(=O)Nc1ccccc1)S(C)(=O)=O. The number of hydrogen-bond acceptors (Lipinski definition) is 4. The van der Waals surface area contributed by atoms with Crippen LogP contribution in [0, 0.1) is 0 Å². The molecule has 27 heavy (non-hydrogen) atoms. The van der Waals surface area contributed by atoms with Crippen LogP contribution in [0.2, 0.25) is 0 Å². The van der Waals surface area contributed by atoms with Gasteiger partial charge in [-0.05, 0) is 38.1 Å². The number of hydrogen-bond donors (Lipinski definition) is 2. The monoisotopic (exact) mass is 391 g/mol. The van der Waals surface area contributed by atoms with Crippen molar-refractivity contribution in [3.63, 3.8) is 0 Å². The molecule has 2 amide bonds. The Balaban J connectivity index is 2.05. The molecule has 0 aliphatic heterocycles. The lowest BCUT2D eigenvalue weighted by Crippen LogP contribution is -2.39. The summed E-state index contributed by atoms with van der Waals surface area (Å²) in [5, 5.41) is 5.36. The molecule has 0 aliphatic carbocycles. The van der Waals surface area contributed by atoms with E-state index in [2.05, 4.69) is 10.6 Å². The summed E-state index contributed by atoms with van der Waals surface area (Å²) in [5.74, 6) is 0.478. The molecule has 0 spiro atoms. The molecule has 146 valence electrons. The second kappa shape index (κ2) is 9.27. The highest BCUT2D eigenvalue weighted by Crippen LogP contribution is 2.30. The zero-order chi connectivity index (χ0) is 19.9. The van der Waals surface area contributed by atoms with Crippen molar-refractivity contribution in [1.82, 2.24) is 5.32 Å². The van der Waals surface area contributed by atoms with Crippen LogP contribution in [0.25, 0.3) is 0 Å². The average molecular weight is 391 g/mol. The van der Waals surface area contributed by atoms with Gasteiger partial charge in [-0.2, -0.15) is 0 Å². The number of nitrogens with zero attached hydrogens (tertiary/aromatic N) is 1. The molecule has 8 heteroatoms. The fraction of sp³-hybridized carbons (Fsp3) is 0.316. The third kappa shape index (κ3) is 6.49. The Morgan fingerprint density at radius 3 is 2.33 bits per heavy atom. The highest BCUT2D eigenvalue weighted by atomic mass is 32.2. The number of carbonyl (C=O) groups excluding carboxylic acids is 1. The third-order valence-electron chi connectivity index (χ3n) is 3.53. The highest BCUT2D eigenvalue weighted by molar-refractivity contribution is 7.92. The molecule has 0 atom stereocenters. The Bertz CT molecular complexity index is 854. The molecule has 7 nitrogen and oxygen atoms in total. The predicted octanol–water partition coefficient (Wildman–Crippen LogP) is 3.06. The van der Waals surface area contributed by atoms with Gasteiger partial charge in [0, 0.05) is 12.2 Å². The fourth-order valence-corrected chi connectivity index (χ4v) is 3.38. The summed E-state index contributed by atoms with van der Waals surface area (Å²) in [4.78, 5) is 12.0. The summed E-state index contributed by atoms with van der Waals surface area (Å²) in [6, 6.07) is 15.5. The number of nitrogens with one attached hydrogen (secondary N) is 2. The molecule has 0 aromatic heterocycles. The van der Waals surface area contributed by atoms with Gasteiger partial charge in [0.1, 0.15) is 5.75 Å². The molecule has 2 aromatic rings. The first-order chi connectivity index (χ1) is 12.8. The lowest BCUT2D eigenvalue weighted by atomic mass is 10.3. The number of sulfonamides is 1. The van der Waals surface area contributed by atoms with Crippen LogP contribution in [0.5, 0.6) is 5.75 Å². The Hall–Kier alpha value is -2.74. The van der Waals surface area contributed by atoms with Crippen molar-refractivity contribution in [2.24, 2.45) is 0 Å². The number of ether oxygens (including phenoxy) is 1. The summed E-state index contributed by atoms with van der Waals surface area (Å²) in [5.41, 5.74) is 1.10. The molecule has 0 bridgehead atoms. The third-order valence-corrected chi connectivity index (χ3v) is 4.71. The zero-order valence-electron chi connectivity index (χ0n) is 15.7. The van der Waals surface area contributed by atoms with Gasteiger partial charge in [-0.1, -0.05) is 30.3 Å². The number of amides is 2. The van der Waals surface area contributed by atoms with E-state index >= 15 is 0 Å². The van der Waals surface area contributed by atoms with E-state index in [1.54, 1.807) is 36.4 Å². The van der Waals surface area contributed by atoms with Crippen LogP contribution >= 0.6 is 0 Å². The Labute approximate surface area is 160 Å². The molecule has 0 heterocycles. The van der Waals surface area contributed by atoms with Crippen molar-refractivity contribution < 1.29 is 17.9 Å². The molecule has 0 fully saturated rings. The first kappa shape index (κ1) is 20.6. The minimum Gasteiger partial charge on any atom is -0.489 e. The van der Waals surface area contributed by atoms with Crippen molar-refractivity contribution in [3.05, 3.63) is 54.6 Å². The average Bonchev–Trinajstić information content (AvgIpc) is 2.59. The van der Waals surface area contributed by atoms with Gasteiger partial charge in [0.15, 0.2) is 0 Å². The maximum absolute atomic E-state index is 12.3. The quantitative estimate of drug-likeness (QED) is 0.724. The number of para-hydroxylation sites is 3. The number of urea groups is 1. The zero-order valence-corrected chi connectivity index (χ0v) is 16.5. The molecular formula is C19H25N3O4S. The molecule has 0 saturated heterocycles. The number of anilines is 2. The van der Waals surface area contributed by atoms with Crippen molar-refractivity contribution in [3.8, 4) is 5.75 Å². The largest absolute Gasteiger partial charge is 0.489 e. The fourth-order valence-electron chi connectivity index (χ4n) is 2.45. The van der Waals surface area contributed by atoms with Crippen molar-refractivity contribution in [1.29, 1.82) is 0 Å². The van der Waals surface area contributed by atoms with Crippen LogP contribution in [0.3, 0.4) is 0 Å². The van der Waals surface area contributed by atoms with E-state index in [0.717, 1.165) is 6.26 Å². The minimum atomic E-state index is -3.55. The second-order valence-corrected chi connectivity index (χ2v) is 8.12. The van der Waals surface area contributed by atoms with Crippen LogP contribution in [-0.2, 0) is 10.0 Å². The molecule has 0 radical (unpaired) electrons. The van der Waals surface area contributed by atoms with E-state index in [0.29, 0.717) is 17.1 Å². The first-order valence-electron chi connectivity index (χ1n) is 8.60. The molecule has 0 aliphatic rings. The summed E-state index contributed by atoms with van der Waals surface area (Å²) < 4.78 is 31.5. The van der Waals surface area contributed by atoms with Gasteiger partial charge in [0.05, 0.1) is 24.6 Å². The van der Waals surface area contributed by atoms with Gasteiger partial charge in [-0.15, -0.1) is 0 Å². The molecule has 2 N–H and O–H groups in total. The van der Waals surface area contributed by atoms with E-state index < -0.39 is 16.1 Å². The standard InChI is InChI=1S/C19H25N3O4S/c1-15(2)26-18-12-8-7-11-17(18)22(27(3,24)25)14-13-20-19(23)21-16-9-5-4-6-10-16/h4-12,15H,13-14H2,1-3H3,(H2,20,21,23). The molecule has 0 saturated carbocycles.